The van der Waals surface area contributed by atoms with Crippen molar-refractivity contribution in [1.29, 1.82) is 0 Å². The SMILES string of the molecule is CC[C@@H](C)[C@H](N)C(=O)N1C[C@@H]2C[C@@H](C1)c1cccc(=O)n1C2. The van der Waals surface area contributed by atoms with Gasteiger partial charge in [0, 0.05) is 37.3 Å². The molecule has 2 bridgehead atoms. The minimum absolute atomic E-state index is 0.0655. The maximum absolute atomic E-state index is 12.6. The van der Waals surface area contributed by atoms with Gasteiger partial charge >= 0.3 is 0 Å². The van der Waals surface area contributed by atoms with Gasteiger partial charge in [-0.2, -0.15) is 0 Å². The summed E-state index contributed by atoms with van der Waals surface area (Å²) in [4.78, 5) is 26.6. The molecule has 120 valence electrons. The highest BCUT2D eigenvalue weighted by molar-refractivity contribution is 5.82. The smallest absolute Gasteiger partial charge is 0.250 e. The summed E-state index contributed by atoms with van der Waals surface area (Å²) in [6, 6.07) is 5.04. The zero-order valence-electron chi connectivity index (χ0n) is 13.4. The quantitative estimate of drug-likeness (QED) is 0.911. The van der Waals surface area contributed by atoms with Gasteiger partial charge in [0.1, 0.15) is 0 Å². The number of hydrogen-bond acceptors (Lipinski definition) is 3. The van der Waals surface area contributed by atoms with Crippen LogP contribution in [0.2, 0.25) is 0 Å². The molecule has 3 heterocycles. The van der Waals surface area contributed by atoms with E-state index in [1.165, 1.54) is 0 Å². The largest absolute Gasteiger partial charge is 0.340 e. The van der Waals surface area contributed by atoms with Gasteiger partial charge in [0.25, 0.3) is 5.56 Å². The van der Waals surface area contributed by atoms with E-state index in [0.717, 1.165) is 25.1 Å². The Morgan fingerprint density at radius 3 is 2.86 bits per heavy atom. The molecule has 0 spiro atoms. The van der Waals surface area contributed by atoms with Crippen molar-refractivity contribution in [2.45, 2.75) is 45.2 Å². The monoisotopic (exact) mass is 303 g/mol. The average Bonchev–Trinajstić information content (AvgIpc) is 2.53. The fraction of sp³-hybridized carbons (Fsp3) is 0.647. The topological polar surface area (TPSA) is 68.3 Å². The molecule has 0 saturated carbocycles. The van der Waals surface area contributed by atoms with E-state index in [0.29, 0.717) is 19.0 Å². The van der Waals surface area contributed by atoms with E-state index in [9.17, 15) is 9.59 Å². The highest BCUT2D eigenvalue weighted by Gasteiger charge is 2.37. The number of amides is 1. The fourth-order valence-electron chi connectivity index (χ4n) is 3.78. The minimum Gasteiger partial charge on any atom is -0.340 e. The molecule has 1 aromatic heterocycles. The summed E-state index contributed by atoms with van der Waals surface area (Å²) in [7, 11) is 0. The van der Waals surface area contributed by atoms with Crippen LogP contribution in [0.4, 0.5) is 0 Å². The highest BCUT2D eigenvalue weighted by atomic mass is 16.2. The summed E-state index contributed by atoms with van der Waals surface area (Å²) in [6.45, 7) is 6.21. The molecule has 5 nitrogen and oxygen atoms in total. The highest BCUT2D eigenvalue weighted by Crippen LogP contribution is 2.35. The number of piperidine rings is 1. The maximum atomic E-state index is 12.6. The Balaban J connectivity index is 1.82. The van der Waals surface area contributed by atoms with Gasteiger partial charge < -0.3 is 15.2 Å². The second kappa shape index (κ2) is 5.88. The van der Waals surface area contributed by atoms with Gasteiger partial charge in [0.2, 0.25) is 5.91 Å². The van der Waals surface area contributed by atoms with Crippen LogP contribution in [0, 0.1) is 11.8 Å². The molecular weight excluding hydrogens is 278 g/mol. The normalized spacial score (nSPS) is 26.2. The van der Waals surface area contributed by atoms with Crippen molar-refractivity contribution in [3.8, 4) is 0 Å². The van der Waals surface area contributed by atoms with E-state index >= 15 is 0 Å². The Hall–Kier alpha value is -1.62. The van der Waals surface area contributed by atoms with E-state index in [1.807, 2.05) is 28.5 Å². The third-order valence-corrected chi connectivity index (χ3v) is 5.33. The van der Waals surface area contributed by atoms with Gasteiger partial charge in [-0.15, -0.1) is 0 Å². The van der Waals surface area contributed by atoms with Gasteiger partial charge in [-0.05, 0) is 24.3 Å². The van der Waals surface area contributed by atoms with Crippen molar-refractivity contribution in [2.24, 2.45) is 17.6 Å². The van der Waals surface area contributed by atoms with Crippen LogP contribution in [0.1, 0.15) is 38.3 Å². The van der Waals surface area contributed by atoms with Gasteiger partial charge in [0.15, 0.2) is 0 Å². The zero-order valence-corrected chi connectivity index (χ0v) is 13.4. The van der Waals surface area contributed by atoms with E-state index in [1.54, 1.807) is 6.07 Å². The molecule has 0 unspecified atom stereocenters. The van der Waals surface area contributed by atoms with Gasteiger partial charge in [-0.3, -0.25) is 9.59 Å². The number of rotatable bonds is 3. The minimum atomic E-state index is -0.415. The van der Waals surface area contributed by atoms with E-state index in [-0.39, 0.29) is 23.3 Å². The molecule has 1 saturated heterocycles. The van der Waals surface area contributed by atoms with Crippen molar-refractivity contribution < 1.29 is 4.79 Å². The number of fused-ring (bicyclic) bond motifs is 4. The molecule has 1 fully saturated rings. The fourth-order valence-corrected chi connectivity index (χ4v) is 3.78. The zero-order chi connectivity index (χ0) is 15.9. The molecule has 0 radical (unpaired) electrons. The first-order valence-electron chi connectivity index (χ1n) is 8.25. The summed E-state index contributed by atoms with van der Waals surface area (Å²) < 4.78 is 1.88. The van der Waals surface area contributed by atoms with Crippen LogP contribution in [0.3, 0.4) is 0 Å². The summed E-state index contributed by atoms with van der Waals surface area (Å²) >= 11 is 0. The van der Waals surface area contributed by atoms with Crippen LogP contribution >= 0.6 is 0 Å². The van der Waals surface area contributed by atoms with Crippen molar-refractivity contribution in [2.75, 3.05) is 13.1 Å². The third kappa shape index (κ3) is 2.58. The van der Waals surface area contributed by atoms with Gasteiger partial charge in [-0.1, -0.05) is 26.3 Å². The predicted octanol–water partition coefficient (Wildman–Crippen LogP) is 1.17. The van der Waals surface area contributed by atoms with Gasteiger partial charge in [-0.25, -0.2) is 0 Å². The molecular formula is C17H25N3O2. The van der Waals surface area contributed by atoms with E-state index in [4.69, 9.17) is 5.73 Å². The summed E-state index contributed by atoms with van der Waals surface area (Å²) in [5.74, 6) is 0.883. The first-order chi connectivity index (χ1) is 10.5. The molecule has 1 amide bonds. The standard InChI is InChI=1S/C17H25N3O2/c1-3-11(2)16(18)17(22)19-8-12-7-13(10-19)14-5-4-6-15(21)20(14)9-12/h4-6,11-13,16H,3,7-10,18H2,1-2H3/t11-,12+,13+,16+/m1/s1. The number of likely N-dealkylation sites (tertiary alicyclic amines) is 1. The second-order valence-electron chi connectivity index (χ2n) is 6.85. The van der Waals surface area contributed by atoms with Crippen LogP contribution in [0.5, 0.6) is 0 Å². The number of nitrogens with zero attached hydrogens (tertiary/aromatic N) is 2. The third-order valence-electron chi connectivity index (χ3n) is 5.33. The van der Waals surface area contributed by atoms with Crippen LogP contribution in [0.25, 0.3) is 0 Å². The maximum Gasteiger partial charge on any atom is 0.250 e. The Morgan fingerprint density at radius 1 is 1.36 bits per heavy atom. The molecule has 0 aliphatic carbocycles. The summed E-state index contributed by atoms with van der Waals surface area (Å²) in [5, 5.41) is 0. The number of pyridine rings is 1. The average molecular weight is 303 g/mol. The van der Waals surface area contributed by atoms with Crippen molar-refractivity contribution in [1.82, 2.24) is 9.47 Å². The lowest BCUT2D eigenvalue weighted by Gasteiger charge is -2.43. The van der Waals surface area contributed by atoms with Crippen LogP contribution in [-0.4, -0.2) is 34.5 Å². The summed E-state index contributed by atoms with van der Waals surface area (Å²) in [6.07, 6.45) is 1.97. The number of nitrogens with two attached hydrogens (primary N) is 1. The van der Waals surface area contributed by atoms with Crippen molar-refractivity contribution >= 4 is 5.91 Å². The number of aromatic nitrogens is 1. The molecule has 1 aromatic rings. The number of carbonyl (C=O) groups excluding carboxylic acids is 1. The lowest BCUT2D eigenvalue weighted by Crippen LogP contribution is -2.54. The molecule has 3 rings (SSSR count). The number of hydrogen-bond donors (Lipinski definition) is 1. The Bertz CT molecular complexity index is 625. The van der Waals surface area contributed by atoms with E-state index < -0.39 is 6.04 Å². The Morgan fingerprint density at radius 2 is 2.14 bits per heavy atom. The molecule has 5 heteroatoms. The van der Waals surface area contributed by atoms with Gasteiger partial charge in [0.05, 0.1) is 6.04 Å². The molecule has 4 atom stereocenters. The Labute approximate surface area is 131 Å². The molecule has 2 aliphatic rings. The van der Waals surface area contributed by atoms with Crippen LogP contribution in [0.15, 0.2) is 23.0 Å². The second-order valence-corrected chi connectivity index (χ2v) is 6.85. The molecule has 2 N–H and O–H groups in total. The summed E-state index contributed by atoms with van der Waals surface area (Å²) in [5.41, 5.74) is 7.27. The lowest BCUT2D eigenvalue weighted by atomic mass is 9.82. The van der Waals surface area contributed by atoms with Crippen molar-refractivity contribution in [3.63, 3.8) is 0 Å². The first kappa shape index (κ1) is 15.3. The van der Waals surface area contributed by atoms with Crippen LogP contribution < -0.4 is 11.3 Å². The van der Waals surface area contributed by atoms with Crippen molar-refractivity contribution in [3.05, 3.63) is 34.2 Å². The molecule has 0 aromatic carbocycles. The Kier molecular flexibility index (Phi) is 4.08. The predicted molar refractivity (Wildman–Crippen MR) is 85.6 cm³/mol. The van der Waals surface area contributed by atoms with E-state index in [2.05, 4.69) is 6.92 Å². The van der Waals surface area contributed by atoms with Crippen LogP contribution in [-0.2, 0) is 11.3 Å². The number of carbonyl (C=O) groups is 1. The molecule has 22 heavy (non-hydrogen) atoms. The first-order valence-corrected chi connectivity index (χ1v) is 8.25. The molecule has 2 aliphatic heterocycles. The lowest BCUT2D eigenvalue weighted by molar-refractivity contribution is -0.136.